The van der Waals surface area contributed by atoms with Gasteiger partial charge in [0.05, 0.1) is 12.0 Å². The monoisotopic (exact) mass is 264 g/mol. The molecule has 3 heterocycles. The van der Waals surface area contributed by atoms with Crippen molar-refractivity contribution in [1.82, 2.24) is 9.97 Å². The minimum Gasteiger partial charge on any atom is -0.381 e. The Labute approximate surface area is 109 Å². The van der Waals surface area contributed by atoms with Gasteiger partial charge in [0.2, 0.25) is 5.95 Å². The first kappa shape index (κ1) is 11.7. The number of hydrogen-bond acceptors (Lipinski definition) is 6. The van der Waals surface area contributed by atoms with E-state index < -0.39 is 0 Å². The number of fused-ring (bicyclic) bond motifs is 1. The topological polar surface area (TPSA) is 73.1 Å². The predicted molar refractivity (Wildman–Crippen MR) is 73.8 cm³/mol. The summed E-state index contributed by atoms with van der Waals surface area (Å²) < 4.78 is 5.45. The summed E-state index contributed by atoms with van der Waals surface area (Å²) in [7, 11) is 0. The van der Waals surface area contributed by atoms with Crippen molar-refractivity contribution in [3.63, 3.8) is 0 Å². The molecule has 3 rings (SSSR count). The van der Waals surface area contributed by atoms with E-state index in [2.05, 4.69) is 22.2 Å². The van der Waals surface area contributed by atoms with Gasteiger partial charge < -0.3 is 15.8 Å². The van der Waals surface area contributed by atoms with Crippen molar-refractivity contribution in [2.45, 2.75) is 19.4 Å². The van der Waals surface area contributed by atoms with E-state index >= 15 is 0 Å². The molecule has 1 aliphatic heterocycles. The molecule has 1 aliphatic rings. The van der Waals surface area contributed by atoms with Gasteiger partial charge in [0, 0.05) is 12.6 Å². The normalized spacial score (nSPS) is 24.3. The molecule has 0 spiro atoms. The van der Waals surface area contributed by atoms with E-state index in [1.165, 1.54) is 0 Å². The van der Waals surface area contributed by atoms with Crippen LogP contribution in [-0.2, 0) is 4.74 Å². The van der Waals surface area contributed by atoms with Crippen LogP contribution in [0, 0.1) is 5.92 Å². The SMILES string of the molecule is CC1COCCC1Nc1nc(N)nc2sccc12. The van der Waals surface area contributed by atoms with Crippen LogP contribution in [0.15, 0.2) is 11.4 Å². The van der Waals surface area contributed by atoms with E-state index in [1.54, 1.807) is 11.3 Å². The smallest absolute Gasteiger partial charge is 0.223 e. The molecular formula is C12H16N4OS. The van der Waals surface area contributed by atoms with Gasteiger partial charge in [-0.2, -0.15) is 4.98 Å². The number of ether oxygens (including phenoxy) is 1. The zero-order valence-electron chi connectivity index (χ0n) is 10.2. The number of nitrogens with one attached hydrogen (secondary N) is 1. The molecule has 0 radical (unpaired) electrons. The first-order valence-electron chi connectivity index (χ1n) is 6.09. The minimum atomic E-state index is 0.326. The molecule has 2 unspecified atom stereocenters. The summed E-state index contributed by atoms with van der Waals surface area (Å²) in [5.74, 6) is 1.65. The molecule has 2 aromatic heterocycles. The summed E-state index contributed by atoms with van der Waals surface area (Å²) >= 11 is 1.58. The van der Waals surface area contributed by atoms with Gasteiger partial charge in [0.15, 0.2) is 0 Å². The van der Waals surface area contributed by atoms with Crippen LogP contribution in [0.2, 0.25) is 0 Å². The highest BCUT2D eigenvalue weighted by Crippen LogP contribution is 2.28. The zero-order valence-corrected chi connectivity index (χ0v) is 11.0. The Balaban J connectivity index is 1.91. The molecule has 0 saturated carbocycles. The van der Waals surface area contributed by atoms with Crippen molar-refractivity contribution in [3.8, 4) is 0 Å². The van der Waals surface area contributed by atoms with Crippen LogP contribution < -0.4 is 11.1 Å². The quantitative estimate of drug-likeness (QED) is 0.869. The van der Waals surface area contributed by atoms with Crippen molar-refractivity contribution in [1.29, 1.82) is 0 Å². The molecule has 5 nitrogen and oxygen atoms in total. The second kappa shape index (κ2) is 4.70. The number of aromatic nitrogens is 2. The average Bonchev–Trinajstić information content (AvgIpc) is 2.80. The summed E-state index contributed by atoms with van der Waals surface area (Å²) in [6, 6.07) is 2.42. The van der Waals surface area contributed by atoms with E-state index in [-0.39, 0.29) is 0 Å². The van der Waals surface area contributed by atoms with Crippen molar-refractivity contribution in [2.75, 3.05) is 24.3 Å². The highest BCUT2D eigenvalue weighted by Gasteiger charge is 2.23. The number of nitrogen functional groups attached to an aromatic ring is 1. The van der Waals surface area contributed by atoms with Gasteiger partial charge >= 0.3 is 0 Å². The number of thiophene rings is 1. The lowest BCUT2D eigenvalue weighted by Crippen LogP contribution is -2.36. The summed E-state index contributed by atoms with van der Waals surface area (Å²) in [5.41, 5.74) is 5.74. The molecule has 0 amide bonds. The van der Waals surface area contributed by atoms with E-state index in [1.807, 2.05) is 11.4 Å². The molecule has 0 bridgehead atoms. The molecule has 96 valence electrons. The molecule has 6 heteroatoms. The van der Waals surface area contributed by atoms with Gasteiger partial charge in [-0.05, 0) is 23.8 Å². The summed E-state index contributed by atoms with van der Waals surface area (Å²) in [5, 5.41) is 6.56. The Morgan fingerprint density at radius 2 is 2.39 bits per heavy atom. The van der Waals surface area contributed by atoms with Gasteiger partial charge in [-0.3, -0.25) is 0 Å². The van der Waals surface area contributed by atoms with E-state index in [0.29, 0.717) is 17.9 Å². The zero-order chi connectivity index (χ0) is 12.5. The molecule has 2 aromatic rings. The van der Waals surface area contributed by atoms with Gasteiger partial charge in [0.1, 0.15) is 10.6 Å². The maximum Gasteiger partial charge on any atom is 0.223 e. The summed E-state index contributed by atoms with van der Waals surface area (Å²) in [6.45, 7) is 3.78. The highest BCUT2D eigenvalue weighted by atomic mass is 32.1. The maximum atomic E-state index is 5.74. The number of rotatable bonds is 2. The average molecular weight is 264 g/mol. The van der Waals surface area contributed by atoms with Crippen LogP contribution in [-0.4, -0.2) is 29.2 Å². The Bertz CT molecular complexity index is 556. The third-order valence-corrected chi connectivity index (χ3v) is 4.11. The second-order valence-corrected chi connectivity index (χ2v) is 5.56. The van der Waals surface area contributed by atoms with Gasteiger partial charge in [-0.1, -0.05) is 6.92 Å². The van der Waals surface area contributed by atoms with Crippen LogP contribution in [0.5, 0.6) is 0 Å². The number of anilines is 2. The standard InChI is InChI=1S/C12H16N4OS/c1-7-6-17-4-2-9(7)14-10-8-3-5-18-11(8)16-12(13)15-10/h3,5,7,9H,2,4,6H2,1H3,(H3,13,14,15,16). The van der Waals surface area contributed by atoms with Crippen LogP contribution in [0.4, 0.5) is 11.8 Å². The largest absolute Gasteiger partial charge is 0.381 e. The van der Waals surface area contributed by atoms with Crippen LogP contribution in [0.3, 0.4) is 0 Å². The van der Waals surface area contributed by atoms with Crippen molar-refractivity contribution >= 4 is 33.3 Å². The van der Waals surface area contributed by atoms with Gasteiger partial charge in [-0.15, -0.1) is 11.3 Å². The molecule has 2 atom stereocenters. The summed E-state index contributed by atoms with van der Waals surface area (Å²) in [6.07, 6.45) is 0.997. The lowest BCUT2D eigenvalue weighted by atomic mass is 9.98. The Morgan fingerprint density at radius 1 is 1.50 bits per heavy atom. The van der Waals surface area contributed by atoms with Crippen LogP contribution >= 0.6 is 11.3 Å². The van der Waals surface area contributed by atoms with E-state index in [4.69, 9.17) is 10.5 Å². The molecule has 18 heavy (non-hydrogen) atoms. The fraction of sp³-hybridized carbons (Fsp3) is 0.500. The third-order valence-electron chi connectivity index (χ3n) is 3.31. The van der Waals surface area contributed by atoms with E-state index in [9.17, 15) is 0 Å². The summed E-state index contributed by atoms with van der Waals surface area (Å²) in [4.78, 5) is 9.49. The molecule has 3 N–H and O–H groups in total. The van der Waals surface area contributed by atoms with Crippen LogP contribution in [0.1, 0.15) is 13.3 Å². The molecular weight excluding hydrogens is 248 g/mol. The number of nitrogens with zero attached hydrogens (tertiary/aromatic N) is 2. The highest BCUT2D eigenvalue weighted by molar-refractivity contribution is 7.16. The molecule has 1 saturated heterocycles. The van der Waals surface area contributed by atoms with Crippen molar-refractivity contribution in [3.05, 3.63) is 11.4 Å². The van der Waals surface area contributed by atoms with Crippen molar-refractivity contribution in [2.24, 2.45) is 5.92 Å². The number of hydrogen-bond donors (Lipinski definition) is 2. The van der Waals surface area contributed by atoms with Crippen molar-refractivity contribution < 1.29 is 4.74 Å². The maximum absolute atomic E-state index is 5.74. The third kappa shape index (κ3) is 2.13. The second-order valence-electron chi connectivity index (χ2n) is 4.66. The Kier molecular flexibility index (Phi) is 3.05. The molecule has 0 aliphatic carbocycles. The lowest BCUT2D eigenvalue weighted by Gasteiger charge is -2.30. The fourth-order valence-corrected chi connectivity index (χ4v) is 3.02. The minimum absolute atomic E-state index is 0.326. The fourth-order valence-electron chi connectivity index (χ4n) is 2.25. The molecule has 1 fully saturated rings. The van der Waals surface area contributed by atoms with Gasteiger partial charge in [0.25, 0.3) is 0 Å². The Morgan fingerprint density at radius 3 is 3.22 bits per heavy atom. The first-order chi connectivity index (χ1) is 8.74. The predicted octanol–water partition coefficient (Wildman–Crippen LogP) is 2.11. The van der Waals surface area contributed by atoms with Crippen LogP contribution in [0.25, 0.3) is 10.2 Å². The first-order valence-corrected chi connectivity index (χ1v) is 6.97. The lowest BCUT2D eigenvalue weighted by molar-refractivity contribution is 0.0537. The van der Waals surface area contributed by atoms with Gasteiger partial charge in [-0.25, -0.2) is 4.98 Å². The van der Waals surface area contributed by atoms with E-state index in [0.717, 1.165) is 35.7 Å². The molecule has 0 aromatic carbocycles. The number of nitrogens with two attached hydrogens (primary N) is 1. The Hall–Kier alpha value is -1.40.